The van der Waals surface area contributed by atoms with Gasteiger partial charge in [0, 0.05) is 23.3 Å². The summed E-state index contributed by atoms with van der Waals surface area (Å²) in [7, 11) is 0. The first kappa shape index (κ1) is 11.8. The lowest BCUT2D eigenvalue weighted by molar-refractivity contribution is -0.00900. The first-order chi connectivity index (χ1) is 9.77. The van der Waals surface area contributed by atoms with Gasteiger partial charge in [0.2, 0.25) is 0 Å². The molecule has 1 unspecified atom stereocenters. The number of aromatic nitrogens is 1. The van der Waals surface area contributed by atoms with Crippen LogP contribution in [-0.4, -0.2) is 11.7 Å². The molecule has 1 aromatic rings. The molecule has 4 saturated carbocycles. The van der Waals surface area contributed by atoms with E-state index in [0.717, 1.165) is 36.5 Å². The molecular formula is C17H24N2O. The van der Waals surface area contributed by atoms with Gasteiger partial charge in [-0.25, -0.2) is 0 Å². The zero-order chi connectivity index (χ0) is 13.3. The summed E-state index contributed by atoms with van der Waals surface area (Å²) < 4.78 is 5.72. The van der Waals surface area contributed by atoms with Crippen molar-refractivity contribution in [2.75, 3.05) is 6.54 Å². The Morgan fingerprint density at radius 3 is 2.35 bits per heavy atom. The van der Waals surface area contributed by atoms with Crippen LogP contribution in [0.15, 0.2) is 4.52 Å². The van der Waals surface area contributed by atoms with Crippen molar-refractivity contribution >= 4 is 0 Å². The van der Waals surface area contributed by atoms with E-state index >= 15 is 0 Å². The van der Waals surface area contributed by atoms with Gasteiger partial charge in [-0.2, -0.15) is 0 Å². The van der Waals surface area contributed by atoms with Gasteiger partial charge in [-0.15, -0.1) is 0 Å². The zero-order valence-electron chi connectivity index (χ0n) is 12.1. The van der Waals surface area contributed by atoms with Crippen molar-refractivity contribution in [3.05, 3.63) is 17.0 Å². The molecule has 5 aliphatic carbocycles. The van der Waals surface area contributed by atoms with E-state index in [-0.39, 0.29) is 0 Å². The smallest absolute Gasteiger partial charge is 0.140 e. The van der Waals surface area contributed by atoms with E-state index in [1.807, 2.05) is 0 Å². The van der Waals surface area contributed by atoms with E-state index < -0.39 is 0 Å². The van der Waals surface area contributed by atoms with Gasteiger partial charge in [0.05, 0.1) is 5.69 Å². The van der Waals surface area contributed by atoms with Crippen molar-refractivity contribution in [3.8, 4) is 0 Å². The van der Waals surface area contributed by atoms with E-state index in [0.29, 0.717) is 11.3 Å². The molecule has 2 N–H and O–H groups in total. The zero-order valence-corrected chi connectivity index (χ0v) is 12.1. The molecule has 0 amide bonds. The molecular weight excluding hydrogens is 248 g/mol. The SMILES string of the molecule is NCC1CCc2onc(C34CC5CC(CC(C5)C3)C4)c21. The minimum Gasteiger partial charge on any atom is -0.361 e. The standard InChI is InChI=1S/C17H24N2O/c18-9-13-1-2-14-15(13)16(19-20-14)17-6-10-3-11(7-17)5-12(4-10)8-17/h10-13H,1-9,18H2. The van der Waals surface area contributed by atoms with Crippen LogP contribution in [-0.2, 0) is 11.8 Å². The van der Waals surface area contributed by atoms with Crippen LogP contribution in [0.2, 0.25) is 0 Å². The van der Waals surface area contributed by atoms with Gasteiger partial charge in [-0.1, -0.05) is 5.16 Å². The quantitative estimate of drug-likeness (QED) is 0.900. The average Bonchev–Trinajstić information content (AvgIpc) is 2.97. The molecule has 4 fully saturated rings. The summed E-state index contributed by atoms with van der Waals surface area (Å²) in [4.78, 5) is 0. The van der Waals surface area contributed by atoms with E-state index in [4.69, 9.17) is 10.3 Å². The predicted octanol–water partition coefficient (Wildman–Crippen LogP) is 3.13. The summed E-state index contributed by atoms with van der Waals surface area (Å²) in [5, 5.41) is 4.60. The summed E-state index contributed by atoms with van der Waals surface area (Å²) in [6.07, 6.45) is 10.8. The molecule has 5 aliphatic rings. The summed E-state index contributed by atoms with van der Waals surface area (Å²) in [6, 6.07) is 0. The highest BCUT2D eigenvalue weighted by molar-refractivity contribution is 5.38. The third-order valence-electron chi connectivity index (χ3n) is 6.76. The van der Waals surface area contributed by atoms with Gasteiger partial charge in [-0.3, -0.25) is 0 Å². The van der Waals surface area contributed by atoms with Crippen LogP contribution in [0, 0.1) is 17.8 Å². The summed E-state index contributed by atoms with van der Waals surface area (Å²) in [5.41, 5.74) is 9.15. The lowest BCUT2D eigenvalue weighted by Crippen LogP contribution is -2.49. The van der Waals surface area contributed by atoms with E-state index in [1.165, 1.54) is 56.2 Å². The van der Waals surface area contributed by atoms with Crippen LogP contribution >= 0.6 is 0 Å². The van der Waals surface area contributed by atoms with Gasteiger partial charge in [0.1, 0.15) is 5.76 Å². The largest absolute Gasteiger partial charge is 0.361 e. The minimum absolute atomic E-state index is 0.365. The second kappa shape index (κ2) is 3.88. The molecule has 108 valence electrons. The molecule has 3 nitrogen and oxygen atoms in total. The van der Waals surface area contributed by atoms with Crippen molar-refractivity contribution in [1.29, 1.82) is 0 Å². The fourth-order valence-corrected chi connectivity index (χ4v) is 6.40. The number of aryl methyl sites for hydroxylation is 1. The van der Waals surface area contributed by atoms with E-state index in [9.17, 15) is 0 Å². The maximum absolute atomic E-state index is 6.00. The molecule has 0 saturated heterocycles. The van der Waals surface area contributed by atoms with Crippen LogP contribution in [0.1, 0.15) is 67.9 Å². The highest BCUT2D eigenvalue weighted by Gasteiger charge is 2.54. The molecule has 4 bridgehead atoms. The van der Waals surface area contributed by atoms with Crippen molar-refractivity contribution in [1.82, 2.24) is 5.16 Å². The average molecular weight is 272 g/mol. The fourth-order valence-electron chi connectivity index (χ4n) is 6.40. The number of nitrogens with zero attached hydrogens (tertiary/aromatic N) is 1. The normalized spacial score (nSPS) is 45.0. The Balaban J connectivity index is 1.61. The number of fused-ring (bicyclic) bond motifs is 1. The molecule has 1 aromatic heterocycles. The van der Waals surface area contributed by atoms with Gasteiger partial charge in [0.25, 0.3) is 0 Å². The number of hydrogen-bond acceptors (Lipinski definition) is 3. The molecule has 3 heteroatoms. The Bertz CT molecular complexity index is 512. The second-order valence-electron chi connectivity index (χ2n) is 8.04. The summed E-state index contributed by atoms with van der Waals surface area (Å²) in [5.74, 6) is 4.56. The lowest BCUT2D eigenvalue weighted by atomic mass is 9.48. The highest BCUT2D eigenvalue weighted by Crippen LogP contribution is 2.61. The fraction of sp³-hybridized carbons (Fsp3) is 0.824. The Labute approximate surface area is 120 Å². The second-order valence-corrected chi connectivity index (χ2v) is 8.04. The highest BCUT2D eigenvalue weighted by atomic mass is 16.5. The Morgan fingerprint density at radius 2 is 1.75 bits per heavy atom. The van der Waals surface area contributed by atoms with E-state index in [1.54, 1.807) is 0 Å². The molecule has 6 rings (SSSR count). The van der Waals surface area contributed by atoms with E-state index in [2.05, 4.69) is 5.16 Å². The van der Waals surface area contributed by atoms with Crippen molar-refractivity contribution in [3.63, 3.8) is 0 Å². The monoisotopic (exact) mass is 272 g/mol. The molecule has 20 heavy (non-hydrogen) atoms. The van der Waals surface area contributed by atoms with Crippen LogP contribution in [0.25, 0.3) is 0 Å². The first-order valence-corrected chi connectivity index (χ1v) is 8.46. The Morgan fingerprint density at radius 1 is 1.10 bits per heavy atom. The van der Waals surface area contributed by atoms with Gasteiger partial charge in [-0.05, 0) is 69.2 Å². The van der Waals surface area contributed by atoms with Crippen LogP contribution in [0.4, 0.5) is 0 Å². The molecule has 1 heterocycles. The number of nitrogens with two attached hydrogens (primary N) is 1. The van der Waals surface area contributed by atoms with Crippen molar-refractivity contribution in [2.24, 2.45) is 23.5 Å². The Hall–Kier alpha value is -0.830. The predicted molar refractivity (Wildman–Crippen MR) is 76.5 cm³/mol. The van der Waals surface area contributed by atoms with Gasteiger partial charge >= 0.3 is 0 Å². The number of rotatable bonds is 2. The van der Waals surface area contributed by atoms with Crippen LogP contribution in [0.3, 0.4) is 0 Å². The maximum Gasteiger partial charge on any atom is 0.140 e. The number of hydrogen-bond donors (Lipinski definition) is 1. The van der Waals surface area contributed by atoms with Crippen molar-refractivity contribution in [2.45, 2.75) is 62.7 Å². The van der Waals surface area contributed by atoms with Crippen LogP contribution < -0.4 is 5.73 Å². The summed E-state index contributed by atoms with van der Waals surface area (Å²) in [6.45, 7) is 0.758. The summed E-state index contributed by atoms with van der Waals surface area (Å²) >= 11 is 0. The third-order valence-corrected chi connectivity index (χ3v) is 6.76. The Kier molecular flexibility index (Phi) is 2.29. The first-order valence-electron chi connectivity index (χ1n) is 8.46. The molecule has 0 aliphatic heterocycles. The molecule has 1 atom stereocenters. The molecule has 0 spiro atoms. The van der Waals surface area contributed by atoms with Gasteiger partial charge in [0.15, 0.2) is 0 Å². The topological polar surface area (TPSA) is 52.0 Å². The van der Waals surface area contributed by atoms with Crippen LogP contribution in [0.5, 0.6) is 0 Å². The van der Waals surface area contributed by atoms with Crippen molar-refractivity contribution < 1.29 is 4.52 Å². The molecule has 0 radical (unpaired) electrons. The maximum atomic E-state index is 6.00. The lowest BCUT2D eigenvalue weighted by Gasteiger charge is -2.56. The van der Waals surface area contributed by atoms with Gasteiger partial charge < -0.3 is 10.3 Å². The third kappa shape index (κ3) is 1.42. The molecule has 0 aromatic carbocycles. The minimum atomic E-state index is 0.365.